The van der Waals surface area contributed by atoms with E-state index in [1.165, 1.54) is 24.3 Å². The van der Waals surface area contributed by atoms with Crippen molar-refractivity contribution in [2.75, 3.05) is 31.7 Å². The minimum Gasteiger partial charge on any atom is -0.481 e. The molecule has 0 unspecified atom stereocenters. The van der Waals surface area contributed by atoms with Crippen LogP contribution in [0.5, 0.6) is 0 Å². The molecule has 9 atom stereocenters. The van der Waals surface area contributed by atoms with Gasteiger partial charge in [0.25, 0.3) is 0 Å². The summed E-state index contributed by atoms with van der Waals surface area (Å²) >= 11 is 1.26. The number of carbonyl (C=O) groups excluding carboxylic acids is 9. The fraction of sp³-hybridized carbons (Fsp3) is 0.674. The normalized spacial score (nSPS) is 14.9. The van der Waals surface area contributed by atoms with Gasteiger partial charge in [-0.05, 0) is 68.9 Å². The van der Waals surface area contributed by atoms with Gasteiger partial charge in [-0.3, -0.25) is 52.7 Å². The molecule has 0 spiro atoms. The van der Waals surface area contributed by atoms with Gasteiger partial charge >= 0.3 is 11.9 Å². The van der Waals surface area contributed by atoms with E-state index in [2.05, 4.69) is 52.5 Å². The first-order valence-electron chi connectivity index (χ1n) is 23.1. The van der Waals surface area contributed by atoms with E-state index in [0.717, 1.165) is 0 Å². The zero-order valence-electron chi connectivity index (χ0n) is 40.7. The van der Waals surface area contributed by atoms with Crippen molar-refractivity contribution in [3.05, 3.63) is 18.2 Å². The van der Waals surface area contributed by atoms with Crippen LogP contribution in [0.3, 0.4) is 0 Å². The summed E-state index contributed by atoms with van der Waals surface area (Å²) in [7, 11) is 0. The van der Waals surface area contributed by atoms with Gasteiger partial charge in [0, 0.05) is 24.7 Å². The Morgan fingerprint density at radius 3 is 1.68 bits per heavy atom. The zero-order chi connectivity index (χ0) is 53.8. The molecule has 0 aliphatic heterocycles. The van der Waals surface area contributed by atoms with Gasteiger partial charge in [0.15, 0.2) is 0 Å². The molecule has 1 aromatic heterocycles. The van der Waals surface area contributed by atoms with Crippen LogP contribution >= 0.6 is 11.8 Å². The summed E-state index contributed by atoms with van der Waals surface area (Å²) in [6.07, 6.45) is 3.33. The van der Waals surface area contributed by atoms with E-state index in [1.54, 1.807) is 27.0 Å². The third kappa shape index (κ3) is 24.3. The van der Waals surface area contributed by atoms with E-state index in [0.29, 0.717) is 18.5 Å². The molecule has 0 radical (unpaired) electrons. The summed E-state index contributed by atoms with van der Waals surface area (Å²) in [6, 6.07) is -11.6. The number of aromatic nitrogens is 2. The third-order valence-electron chi connectivity index (χ3n) is 10.9. The van der Waals surface area contributed by atoms with Crippen LogP contribution in [-0.2, 0) is 59.2 Å². The van der Waals surface area contributed by atoms with Crippen molar-refractivity contribution >= 4 is 76.9 Å². The summed E-state index contributed by atoms with van der Waals surface area (Å²) < 4.78 is 0. The molecule has 18 N–H and O–H groups in total. The number of H-pyrrole nitrogens is 1. The number of primary amides is 1. The fourth-order valence-electron chi connectivity index (χ4n) is 6.63. The lowest BCUT2D eigenvalue weighted by Gasteiger charge is -2.28. The molecule has 71 heavy (non-hydrogen) atoms. The Labute approximate surface area is 415 Å². The number of hydrogen-bond donors (Lipinski definition) is 15. The number of nitrogens with zero attached hydrogens (tertiary/aromatic N) is 1. The number of nitrogens with one attached hydrogen (secondary N) is 9. The number of thioether (sulfide) groups is 1. The second-order valence-corrected chi connectivity index (χ2v) is 18.2. The fourth-order valence-corrected chi connectivity index (χ4v) is 7.10. The molecule has 0 saturated carbocycles. The van der Waals surface area contributed by atoms with Crippen molar-refractivity contribution in [2.24, 2.45) is 29.0 Å². The van der Waals surface area contributed by atoms with Crippen molar-refractivity contribution in [3.63, 3.8) is 0 Å². The Hall–Kier alpha value is -6.39. The number of aliphatic carboxylic acids is 2. The third-order valence-corrected chi connectivity index (χ3v) is 11.5. The summed E-state index contributed by atoms with van der Waals surface area (Å²) in [5.41, 5.74) is 17.4. The van der Waals surface area contributed by atoms with Gasteiger partial charge in [-0.15, -0.1) is 0 Å². The number of aliphatic hydroxyl groups excluding tert-OH is 1. The Kier molecular flexibility index (Phi) is 29.3. The highest BCUT2D eigenvalue weighted by atomic mass is 32.2. The molecule has 0 aromatic carbocycles. The number of rotatable bonds is 36. The van der Waals surface area contributed by atoms with Gasteiger partial charge in [-0.2, -0.15) is 11.8 Å². The summed E-state index contributed by atoms with van der Waals surface area (Å²) in [5.74, 6) is -11.6. The van der Waals surface area contributed by atoms with Crippen LogP contribution in [0.2, 0.25) is 0 Å². The standard InChI is InChI=1S/C43H73N13O14S/c1-6-23(4)35(46)43(70)56-31(20-57)42(69)54-29(16-24-18-47-21-49-24)40(67)50-25(9-7-8-13-44)37(64)55-30(17-33(59)60)41(68)52-27(12-14-71-5)39(66)51-26(10-11-32(45)58)38(65)53-28(15-22(2)3)36(63)48-19-34(61)62/h18,21-23,25-31,35,57H,6-17,19-20,44,46H2,1-5H3,(H2,45,58)(H,47,49)(H,48,63)(H,50,67)(H,51,66)(H,52,68)(H,53,65)(H,54,69)(H,55,64)(H,56,70)(H,59,60)(H,61,62)/t23-,25-,26-,27-,28-,29-,30-,31-,35-/m0/s1. The molecule has 0 fully saturated rings. The molecule has 9 amide bonds. The van der Waals surface area contributed by atoms with E-state index in [1.807, 2.05) is 6.92 Å². The molecule has 0 bridgehead atoms. The van der Waals surface area contributed by atoms with Gasteiger partial charge < -0.3 is 80.0 Å². The Balaban J connectivity index is 3.48. The van der Waals surface area contributed by atoms with Crippen LogP contribution in [-0.4, -0.2) is 170 Å². The van der Waals surface area contributed by atoms with Crippen LogP contribution in [0.15, 0.2) is 12.5 Å². The van der Waals surface area contributed by atoms with Crippen LogP contribution in [0, 0.1) is 11.8 Å². The number of carboxylic acids is 2. The predicted octanol–water partition coefficient (Wildman–Crippen LogP) is -4.42. The minimum absolute atomic E-state index is 0.0528. The molecular formula is C43H73N13O14S. The van der Waals surface area contributed by atoms with Crippen LogP contribution in [0.1, 0.15) is 91.2 Å². The molecule has 1 aromatic rings. The Morgan fingerprint density at radius 1 is 0.676 bits per heavy atom. The highest BCUT2D eigenvalue weighted by Gasteiger charge is 2.35. The lowest BCUT2D eigenvalue weighted by Crippen LogP contribution is -2.61. The van der Waals surface area contributed by atoms with Crippen LogP contribution < -0.4 is 59.7 Å². The van der Waals surface area contributed by atoms with Crippen molar-refractivity contribution < 1.29 is 68.1 Å². The monoisotopic (exact) mass is 1030 g/mol. The first-order valence-corrected chi connectivity index (χ1v) is 24.5. The van der Waals surface area contributed by atoms with Gasteiger partial charge in [0.05, 0.1) is 25.4 Å². The molecule has 27 nitrogen and oxygen atoms in total. The highest BCUT2D eigenvalue weighted by molar-refractivity contribution is 7.98. The van der Waals surface area contributed by atoms with Gasteiger partial charge in [0.1, 0.15) is 48.8 Å². The number of nitrogens with two attached hydrogens (primary N) is 3. The number of amides is 9. The van der Waals surface area contributed by atoms with Crippen molar-refractivity contribution in [2.45, 2.75) is 140 Å². The number of unbranched alkanes of at least 4 members (excludes halogenated alkanes) is 1. The SMILES string of the molecule is CC[C@H](C)[C@H](N)C(=O)N[C@@H](CO)C(=O)N[C@@H](Cc1cnc[nH]1)C(=O)N[C@@H](CCCCN)C(=O)N[C@@H](CC(=O)O)C(=O)N[C@@H](CCSC)C(=O)N[C@@H](CCC(N)=O)C(=O)N[C@@H](CC(C)C)C(=O)NCC(=O)O. The number of imidazole rings is 1. The number of carboxylic acid groups (broad SMARTS) is 2. The topological polar surface area (TPSA) is 451 Å². The van der Waals surface area contributed by atoms with E-state index >= 15 is 0 Å². The number of hydrogen-bond acceptors (Lipinski definition) is 16. The number of aromatic amines is 1. The van der Waals surface area contributed by atoms with Gasteiger partial charge in [-0.1, -0.05) is 34.1 Å². The Bertz CT molecular complexity index is 1940. The maximum Gasteiger partial charge on any atom is 0.322 e. The molecule has 28 heteroatoms. The average Bonchev–Trinajstić information content (AvgIpc) is 3.83. The first kappa shape index (κ1) is 62.6. The summed E-state index contributed by atoms with van der Waals surface area (Å²) in [4.78, 5) is 150. The second-order valence-electron chi connectivity index (χ2n) is 17.2. The van der Waals surface area contributed by atoms with E-state index in [-0.39, 0.29) is 62.7 Å². The first-order chi connectivity index (χ1) is 33.5. The maximum absolute atomic E-state index is 14.0. The molecule has 0 aliphatic rings. The minimum atomic E-state index is -1.87. The Morgan fingerprint density at radius 2 is 1.18 bits per heavy atom. The zero-order valence-corrected chi connectivity index (χ0v) is 41.6. The van der Waals surface area contributed by atoms with Crippen molar-refractivity contribution in [1.82, 2.24) is 52.5 Å². The smallest absolute Gasteiger partial charge is 0.322 e. The average molecular weight is 1030 g/mol. The lowest BCUT2D eigenvalue weighted by atomic mass is 9.99. The largest absolute Gasteiger partial charge is 0.481 e. The molecule has 0 saturated heterocycles. The van der Waals surface area contributed by atoms with E-state index in [4.69, 9.17) is 22.3 Å². The van der Waals surface area contributed by atoms with Crippen molar-refractivity contribution in [3.8, 4) is 0 Å². The van der Waals surface area contributed by atoms with Gasteiger partial charge in [0.2, 0.25) is 53.2 Å². The number of carbonyl (C=O) groups is 11. The van der Waals surface area contributed by atoms with E-state index in [9.17, 15) is 63.0 Å². The number of aliphatic hydroxyl groups is 1. The maximum atomic E-state index is 14.0. The van der Waals surface area contributed by atoms with Crippen LogP contribution in [0.25, 0.3) is 0 Å². The van der Waals surface area contributed by atoms with Crippen molar-refractivity contribution in [1.29, 1.82) is 0 Å². The molecular weight excluding hydrogens is 955 g/mol. The van der Waals surface area contributed by atoms with E-state index < -0.39 is 139 Å². The summed E-state index contributed by atoms with van der Waals surface area (Å²) in [5, 5.41) is 48.1. The van der Waals surface area contributed by atoms with Gasteiger partial charge in [-0.25, -0.2) is 4.98 Å². The molecule has 0 aliphatic carbocycles. The second kappa shape index (κ2) is 33.2. The molecule has 1 rings (SSSR count). The quantitative estimate of drug-likeness (QED) is 0.0282. The predicted molar refractivity (Wildman–Crippen MR) is 257 cm³/mol. The molecule has 400 valence electrons. The molecule has 1 heterocycles. The van der Waals surface area contributed by atoms with Crippen LogP contribution in [0.4, 0.5) is 0 Å². The summed E-state index contributed by atoms with van der Waals surface area (Å²) in [6.45, 7) is 5.58. The highest BCUT2D eigenvalue weighted by Crippen LogP contribution is 2.11. The lowest BCUT2D eigenvalue weighted by molar-refractivity contribution is -0.142.